The van der Waals surface area contributed by atoms with Crippen molar-refractivity contribution in [2.24, 2.45) is 0 Å². The molecule has 12 heavy (non-hydrogen) atoms. The van der Waals surface area contributed by atoms with E-state index in [1.165, 1.54) is 12.3 Å². The van der Waals surface area contributed by atoms with Crippen LogP contribution in [-0.4, -0.2) is 16.2 Å². The van der Waals surface area contributed by atoms with Crippen molar-refractivity contribution >= 4 is 27.9 Å². The first kappa shape index (κ1) is 8.79. The van der Waals surface area contributed by atoms with Gasteiger partial charge in [0.05, 0.1) is 4.92 Å². The second-order valence-corrected chi connectivity index (χ2v) is 2.66. The van der Waals surface area contributed by atoms with Gasteiger partial charge in [0.2, 0.25) is 0 Å². The number of carbonyl (C=O) groups excluding carboxylic acids is 1. The molecule has 0 atom stereocenters. The Kier molecular flexibility index (Phi) is 2.49. The molecule has 0 bridgehead atoms. The summed E-state index contributed by atoms with van der Waals surface area (Å²) in [5.74, 6) is 0. The standard InChI is InChI=1S/C6H3BrN2O3/c7-6-4(3-10)5(9(11)12)1-2-8-6/h1-3H. The average Bonchev–Trinajstić information content (AvgIpc) is 2.03. The van der Waals surface area contributed by atoms with Crippen LogP contribution in [0.5, 0.6) is 0 Å². The number of nitro groups is 1. The Morgan fingerprint density at radius 1 is 1.67 bits per heavy atom. The fraction of sp³-hybridized carbons (Fsp3) is 0. The van der Waals surface area contributed by atoms with E-state index in [-0.39, 0.29) is 15.9 Å². The molecule has 0 radical (unpaired) electrons. The van der Waals surface area contributed by atoms with Crippen LogP contribution < -0.4 is 0 Å². The molecule has 0 saturated carbocycles. The fourth-order valence-corrected chi connectivity index (χ4v) is 1.12. The number of aromatic nitrogens is 1. The number of carbonyl (C=O) groups is 1. The molecule has 6 heteroatoms. The molecule has 0 aliphatic heterocycles. The molecule has 0 aliphatic carbocycles. The Hall–Kier alpha value is -1.30. The molecule has 0 saturated heterocycles. The molecule has 0 fully saturated rings. The first-order valence-electron chi connectivity index (χ1n) is 2.91. The van der Waals surface area contributed by atoms with E-state index < -0.39 is 4.92 Å². The van der Waals surface area contributed by atoms with Gasteiger partial charge in [-0.3, -0.25) is 14.9 Å². The highest BCUT2D eigenvalue weighted by Gasteiger charge is 2.15. The summed E-state index contributed by atoms with van der Waals surface area (Å²) in [6.07, 6.45) is 1.66. The van der Waals surface area contributed by atoms with Gasteiger partial charge in [0.1, 0.15) is 10.2 Å². The number of halogens is 1. The summed E-state index contributed by atoms with van der Waals surface area (Å²) in [5.41, 5.74) is -0.283. The first-order valence-corrected chi connectivity index (χ1v) is 3.70. The summed E-state index contributed by atoms with van der Waals surface area (Å²) in [5, 5.41) is 10.3. The SMILES string of the molecule is O=Cc1c([N+](=O)[O-])ccnc1Br. The smallest absolute Gasteiger partial charge is 0.284 e. The van der Waals surface area contributed by atoms with Crippen LogP contribution in [0, 0.1) is 10.1 Å². The van der Waals surface area contributed by atoms with E-state index in [2.05, 4.69) is 20.9 Å². The lowest BCUT2D eigenvalue weighted by molar-refractivity contribution is -0.385. The third-order valence-electron chi connectivity index (χ3n) is 1.23. The summed E-state index contributed by atoms with van der Waals surface area (Å²) >= 11 is 2.93. The summed E-state index contributed by atoms with van der Waals surface area (Å²) in [6, 6.07) is 1.18. The molecule has 1 rings (SSSR count). The van der Waals surface area contributed by atoms with Crippen molar-refractivity contribution in [1.29, 1.82) is 0 Å². The van der Waals surface area contributed by atoms with Crippen LogP contribution in [0.2, 0.25) is 0 Å². The topological polar surface area (TPSA) is 73.1 Å². The van der Waals surface area contributed by atoms with E-state index in [4.69, 9.17) is 0 Å². The monoisotopic (exact) mass is 230 g/mol. The van der Waals surface area contributed by atoms with Crippen molar-refractivity contribution in [2.45, 2.75) is 0 Å². The number of hydrogen-bond donors (Lipinski definition) is 0. The number of aldehydes is 1. The Morgan fingerprint density at radius 3 is 2.75 bits per heavy atom. The highest BCUT2D eigenvalue weighted by molar-refractivity contribution is 9.10. The van der Waals surface area contributed by atoms with Crippen LogP contribution >= 0.6 is 15.9 Å². The van der Waals surface area contributed by atoms with Crippen molar-refractivity contribution in [3.05, 3.63) is 32.5 Å². The van der Waals surface area contributed by atoms with Gasteiger partial charge in [-0.05, 0) is 15.9 Å². The third kappa shape index (κ3) is 1.48. The maximum Gasteiger partial charge on any atom is 0.284 e. The zero-order valence-electron chi connectivity index (χ0n) is 5.73. The second-order valence-electron chi connectivity index (χ2n) is 1.91. The zero-order valence-corrected chi connectivity index (χ0v) is 7.32. The van der Waals surface area contributed by atoms with E-state index in [9.17, 15) is 14.9 Å². The Bertz CT molecular complexity index is 340. The summed E-state index contributed by atoms with van der Waals surface area (Å²) in [6.45, 7) is 0. The largest absolute Gasteiger partial charge is 0.298 e. The lowest BCUT2D eigenvalue weighted by Crippen LogP contribution is -1.96. The average molecular weight is 231 g/mol. The molecule has 1 aromatic rings. The zero-order chi connectivity index (χ0) is 9.14. The molecule has 5 nitrogen and oxygen atoms in total. The van der Waals surface area contributed by atoms with Gasteiger partial charge in [0.15, 0.2) is 6.29 Å². The van der Waals surface area contributed by atoms with E-state index in [1.807, 2.05) is 0 Å². The third-order valence-corrected chi connectivity index (χ3v) is 1.86. The quantitative estimate of drug-likeness (QED) is 0.335. The van der Waals surface area contributed by atoms with E-state index in [1.54, 1.807) is 0 Å². The number of rotatable bonds is 2. The van der Waals surface area contributed by atoms with Gasteiger partial charge in [-0.25, -0.2) is 4.98 Å². The highest BCUT2D eigenvalue weighted by Crippen LogP contribution is 2.21. The molecule has 0 spiro atoms. The van der Waals surface area contributed by atoms with Gasteiger partial charge < -0.3 is 0 Å². The highest BCUT2D eigenvalue weighted by atomic mass is 79.9. The van der Waals surface area contributed by atoms with Crippen LogP contribution in [-0.2, 0) is 0 Å². The van der Waals surface area contributed by atoms with Gasteiger partial charge in [0, 0.05) is 12.3 Å². The maximum atomic E-state index is 10.4. The van der Waals surface area contributed by atoms with Crippen LogP contribution in [0.3, 0.4) is 0 Å². The summed E-state index contributed by atoms with van der Waals surface area (Å²) < 4.78 is 0.187. The Balaban J connectivity index is 3.37. The van der Waals surface area contributed by atoms with Crippen molar-refractivity contribution in [2.75, 3.05) is 0 Å². The summed E-state index contributed by atoms with van der Waals surface area (Å²) in [4.78, 5) is 23.8. The van der Waals surface area contributed by atoms with E-state index in [0.717, 1.165) is 0 Å². The maximum absolute atomic E-state index is 10.4. The number of nitrogens with zero attached hydrogens (tertiary/aromatic N) is 2. The number of hydrogen-bond acceptors (Lipinski definition) is 4. The van der Waals surface area contributed by atoms with Crippen LogP contribution in [0.1, 0.15) is 10.4 Å². The lowest BCUT2D eigenvalue weighted by Gasteiger charge is -1.95. The molecule has 0 unspecified atom stereocenters. The molecule has 62 valence electrons. The summed E-state index contributed by atoms with van der Waals surface area (Å²) in [7, 11) is 0. The Labute approximate surface area is 75.7 Å². The Morgan fingerprint density at radius 2 is 2.33 bits per heavy atom. The van der Waals surface area contributed by atoms with Gasteiger partial charge >= 0.3 is 0 Å². The van der Waals surface area contributed by atoms with Crippen LogP contribution in [0.4, 0.5) is 5.69 Å². The molecule has 1 aromatic heterocycles. The van der Waals surface area contributed by atoms with Crippen molar-refractivity contribution in [1.82, 2.24) is 4.98 Å². The second kappa shape index (κ2) is 3.40. The molecule has 0 N–H and O–H groups in total. The minimum absolute atomic E-state index is 0.0394. The van der Waals surface area contributed by atoms with E-state index in [0.29, 0.717) is 6.29 Å². The van der Waals surface area contributed by atoms with Crippen LogP contribution in [0.15, 0.2) is 16.9 Å². The fourth-order valence-electron chi connectivity index (χ4n) is 0.707. The number of pyridine rings is 1. The minimum Gasteiger partial charge on any atom is -0.298 e. The van der Waals surface area contributed by atoms with E-state index >= 15 is 0 Å². The lowest BCUT2D eigenvalue weighted by atomic mass is 10.3. The molecule has 1 heterocycles. The first-order chi connectivity index (χ1) is 5.66. The molecular weight excluding hydrogens is 228 g/mol. The molecule has 0 amide bonds. The van der Waals surface area contributed by atoms with Crippen molar-refractivity contribution < 1.29 is 9.72 Å². The normalized spacial score (nSPS) is 9.42. The molecule has 0 aromatic carbocycles. The van der Waals surface area contributed by atoms with Crippen LogP contribution in [0.25, 0.3) is 0 Å². The van der Waals surface area contributed by atoms with Gasteiger partial charge in [-0.15, -0.1) is 0 Å². The van der Waals surface area contributed by atoms with Gasteiger partial charge in [-0.2, -0.15) is 0 Å². The molecule has 0 aliphatic rings. The van der Waals surface area contributed by atoms with Crippen molar-refractivity contribution in [3.63, 3.8) is 0 Å². The molecular formula is C6H3BrN2O3. The predicted molar refractivity (Wildman–Crippen MR) is 44.0 cm³/mol. The van der Waals surface area contributed by atoms with Gasteiger partial charge in [-0.1, -0.05) is 0 Å². The van der Waals surface area contributed by atoms with Crippen molar-refractivity contribution in [3.8, 4) is 0 Å². The van der Waals surface area contributed by atoms with Gasteiger partial charge in [0.25, 0.3) is 5.69 Å². The minimum atomic E-state index is -0.629. The predicted octanol–water partition coefficient (Wildman–Crippen LogP) is 1.56.